The second-order valence-electron chi connectivity index (χ2n) is 9.82. The van der Waals surface area contributed by atoms with Crippen LogP contribution in [0.25, 0.3) is 87.6 Å². The van der Waals surface area contributed by atoms with Crippen molar-refractivity contribution >= 4 is 76.5 Å². The summed E-state index contributed by atoms with van der Waals surface area (Å²) in [6, 6.07) is 38.4. The molecule has 172 valence electrons. The predicted octanol–water partition coefficient (Wildman–Crippen LogP) is 9.94. The van der Waals surface area contributed by atoms with Gasteiger partial charge in [0.1, 0.15) is 22.3 Å². The van der Waals surface area contributed by atoms with Gasteiger partial charge in [-0.05, 0) is 52.7 Å². The maximum Gasteiger partial charge on any atom is 0.138 e. The molecule has 1 N–H and O–H groups in total. The minimum atomic E-state index is 0.886. The molecule has 0 fully saturated rings. The molecule has 9 rings (SSSR count). The summed E-state index contributed by atoms with van der Waals surface area (Å²) in [5, 5.41) is 9.34. The molecule has 0 unspecified atom stereocenters. The van der Waals surface area contributed by atoms with Gasteiger partial charge in [-0.3, -0.25) is 0 Å². The van der Waals surface area contributed by atoms with Crippen LogP contribution in [-0.4, -0.2) is 4.98 Å². The summed E-state index contributed by atoms with van der Waals surface area (Å²) >= 11 is 0. The van der Waals surface area contributed by atoms with Gasteiger partial charge in [0.25, 0.3) is 0 Å². The van der Waals surface area contributed by atoms with Crippen LogP contribution in [0.4, 0.5) is 0 Å². The molecule has 0 saturated heterocycles. The zero-order chi connectivity index (χ0) is 24.1. The first-order valence-electron chi connectivity index (χ1n) is 12.5. The fourth-order valence-corrected chi connectivity index (χ4v) is 6.13. The third-order valence-corrected chi connectivity index (χ3v) is 7.76. The molecule has 3 heterocycles. The first kappa shape index (κ1) is 19.2. The van der Waals surface area contributed by atoms with Crippen molar-refractivity contribution < 1.29 is 8.83 Å². The fourth-order valence-electron chi connectivity index (χ4n) is 6.13. The van der Waals surface area contributed by atoms with Gasteiger partial charge in [-0.2, -0.15) is 0 Å². The standard InChI is InChI=1S/C34H19NO2/c1-2-8-20-17-30-25(15-19(20)7-1)34-31(37-30)18-27-33(23-10-3-5-11-26(23)35-27)32(34)21-13-14-29-24(16-21)22-9-4-6-12-28(22)36-29/h1-18,35H. The minimum Gasteiger partial charge on any atom is -0.456 e. The minimum absolute atomic E-state index is 0.886. The van der Waals surface area contributed by atoms with E-state index in [0.29, 0.717) is 0 Å². The monoisotopic (exact) mass is 473 g/mol. The van der Waals surface area contributed by atoms with Crippen LogP contribution in [0, 0.1) is 0 Å². The molecule has 0 atom stereocenters. The highest BCUT2D eigenvalue weighted by Gasteiger charge is 2.21. The molecule has 3 nitrogen and oxygen atoms in total. The number of aromatic nitrogens is 1. The lowest BCUT2D eigenvalue weighted by Crippen LogP contribution is -1.83. The van der Waals surface area contributed by atoms with E-state index in [1.54, 1.807) is 0 Å². The Hall–Kier alpha value is -5.02. The summed E-state index contributed by atoms with van der Waals surface area (Å²) in [7, 11) is 0. The number of hydrogen-bond acceptors (Lipinski definition) is 2. The van der Waals surface area contributed by atoms with Crippen molar-refractivity contribution in [2.75, 3.05) is 0 Å². The fraction of sp³-hybridized carbons (Fsp3) is 0. The molecule has 0 aliphatic carbocycles. The molecule has 6 aromatic carbocycles. The maximum absolute atomic E-state index is 6.53. The molecule has 0 aliphatic rings. The number of rotatable bonds is 1. The van der Waals surface area contributed by atoms with Crippen molar-refractivity contribution in [2.24, 2.45) is 0 Å². The van der Waals surface area contributed by atoms with E-state index in [9.17, 15) is 0 Å². The van der Waals surface area contributed by atoms with Gasteiger partial charge < -0.3 is 13.8 Å². The predicted molar refractivity (Wildman–Crippen MR) is 153 cm³/mol. The van der Waals surface area contributed by atoms with E-state index >= 15 is 0 Å². The van der Waals surface area contributed by atoms with Gasteiger partial charge in [0.2, 0.25) is 0 Å². The van der Waals surface area contributed by atoms with Crippen LogP contribution in [0.3, 0.4) is 0 Å². The molecule has 0 amide bonds. The first-order valence-corrected chi connectivity index (χ1v) is 12.5. The second kappa shape index (κ2) is 6.80. The lowest BCUT2D eigenvalue weighted by molar-refractivity contribution is 0.669. The Kier molecular flexibility index (Phi) is 3.53. The summed E-state index contributed by atoms with van der Waals surface area (Å²) in [5.74, 6) is 0. The largest absolute Gasteiger partial charge is 0.456 e. The molecule has 0 saturated carbocycles. The Bertz CT molecular complexity index is 2360. The van der Waals surface area contributed by atoms with Crippen molar-refractivity contribution in [3.8, 4) is 11.1 Å². The highest BCUT2D eigenvalue weighted by Crippen LogP contribution is 2.46. The summed E-state index contributed by atoms with van der Waals surface area (Å²) < 4.78 is 12.7. The Labute approximate surface area is 210 Å². The topological polar surface area (TPSA) is 42.1 Å². The van der Waals surface area contributed by atoms with Gasteiger partial charge in [0.15, 0.2) is 0 Å². The second-order valence-corrected chi connectivity index (χ2v) is 9.82. The quantitative estimate of drug-likeness (QED) is 0.258. The Morgan fingerprint density at radius 1 is 0.432 bits per heavy atom. The van der Waals surface area contributed by atoms with Crippen molar-refractivity contribution in [3.63, 3.8) is 0 Å². The average Bonchev–Trinajstić information content (AvgIpc) is 3.60. The van der Waals surface area contributed by atoms with Gasteiger partial charge in [0.05, 0.1) is 5.52 Å². The van der Waals surface area contributed by atoms with E-state index in [0.717, 1.165) is 60.5 Å². The molecule has 3 aromatic heterocycles. The van der Waals surface area contributed by atoms with Crippen molar-refractivity contribution in [3.05, 3.63) is 109 Å². The van der Waals surface area contributed by atoms with Crippen LogP contribution in [0.2, 0.25) is 0 Å². The third kappa shape index (κ3) is 2.55. The van der Waals surface area contributed by atoms with Crippen LogP contribution in [0.1, 0.15) is 0 Å². The summed E-state index contributed by atoms with van der Waals surface area (Å²) in [6.45, 7) is 0. The maximum atomic E-state index is 6.53. The van der Waals surface area contributed by atoms with Crippen LogP contribution in [0.5, 0.6) is 0 Å². The number of fused-ring (bicyclic) bond motifs is 10. The van der Waals surface area contributed by atoms with Gasteiger partial charge in [-0.1, -0.05) is 66.7 Å². The lowest BCUT2D eigenvalue weighted by atomic mass is 9.93. The number of aromatic amines is 1. The number of para-hydroxylation sites is 2. The molecule has 0 spiro atoms. The van der Waals surface area contributed by atoms with E-state index in [4.69, 9.17) is 8.83 Å². The van der Waals surface area contributed by atoms with Crippen molar-refractivity contribution in [1.82, 2.24) is 4.98 Å². The highest BCUT2D eigenvalue weighted by atomic mass is 16.3. The van der Waals surface area contributed by atoms with Crippen LogP contribution >= 0.6 is 0 Å². The van der Waals surface area contributed by atoms with Crippen LogP contribution < -0.4 is 0 Å². The van der Waals surface area contributed by atoms with E-state index < -0.39 is 0 Å². The molecule has 0 aliphatic heterocycles. The molecule has 0 bridgehead atoms. The van der Waals surface area contributed by atoms with Crippen molar-refractivity contribution in [2.45, 2.75) is 0 Å². The molecule has 9 aromatic rings. The Balaban J connectivity index is 1.51. The molecular formula is C34H19NO2. The van der Waals surface area contributed by atoms with Crippen LogP contribution in [-0.2, 0) is 0 Å². The Morgan fingerprint density at radius 2 is 1.16 bits per heavy atom. The molecular weight excluding hydrogens is 454 g/mol. The zero-order valence-corrected chi connectivity index (χ0v) is 19.7. The van der Waals surface area contributed by atoms with Gasteiger partial charge in [-0.15, -0.1) is 0 Å². The number of hydrogen-bond donors (Lipinski definition) is 1. The lowest BCUT2D eigenvalue weighted by Gasteiger charge is -2.08. The number of furan rings is 2. The van der Waals surface area contributed by atoms with Gasteiger partial charge >= 0.3 is 0 Å². The normalized spacial score (nSPS) is 12.3. The van der Waals surface area contributed by atoms with Crippen LogP contribution in [0.15, 0.2) is 118 Å². The Morgan fingerprint density at radius 3 is 2.08 bits per heavy atom. The number of nitrogens with one attached hydrogen (secondary N) is 1. The summed E-state index contributed by atoms with van der Waals surface area (Å²) in [5.41, 5.74) is 8.13. The SMILES string of the molecule is c1ccc2cc3c(cc2c1)oc1cc2[nH]c4ccccc4c2c(-c2ccc4oc5ccccc5c4c2)c13. The molecule has 0 radical (unpaired) electrons. The zero-order valence-electron chi connectivity index (χ0n) is 19.7. The van der Waals surface area contributed by atoms with E-state index in [2.05, 4.69) is 102 Å². The van der Waals surface area contributed by atoms with E-state index in [1.807, 2.05) is 12.1 Å². The molecule has 37 heavy (non-hydrogen) atoms. The van der Waals surface area contributed by atoms with E-state index in [-0.39, 0.29) is 0 Å². The van der Waals surface area contributed by atoms with E-state index in [1.165, 1.54) is 27.1 Å². The number of benzene rings is 6. The van der Waals surface area contributed by atoms with Crippen molar-refractivity contribution in [1.29, 1.82) is 0 Å². The van der Waals surface area contributed by atoms with Gasteiger partial charge in [0, 0.05) is 49.5 Å². The first-order chi connectivity index (χ1) is 18.3. The van der Waals surface area contributed by atoms with Gasteiger partial charge in [-0.25, -0.2) is 0 Å². The summed E-state index contributed by atoms with van der Waals surface area (Å²) in [6.07, 6.45) is 0. The third-order valence-electron chi connectivity index (χ3n) is 7.76. The molecule has 3 heteroatoms. The smallest absolute Gasteiger partial charge is 0.138 e. The average molecular weight is 474 g/mol. The number of H-pyrrole nitrogens is 1. The summed E-state index contributed by atoms with van der Waals surface area (Å²) in [4.78, 5) is 3.64. The highest BCUT2D eigenvalue weighted by molar-refractivity contribution is 6.27.